The van der Waals surface area contributed by atoms with Gasteiger partial charge in [-0.15, -0.1) is 0 Å². The van der Waals surface area contributed by atoms with E-state index >= 15 is 8.78 Å². The predicted octanol–water partition coefficient (Wildman–Crippen LogP) is 8.09. The number of carbonyl (C=O) groups excluding carboxylic acids is 3. The van der Waals surface area contributed by atoms with E-state index in [0.29, 0.717) is 49.1 Å². The minimum atomic E-state index is -1.03. The maximum atomic E-state index is 15.2. The number of amides is 3. The third-order valence-corrected chi connectivity index (χ3v) is 15.4. The lowest BCUT2D eigenvalue weighted by Crippen LogP contribution is -2.51. The van der Waals surface area contributed by atoms with Crippen molar-refractivity contribution in [3.8, 4) is 5.69 Å². The molecule has 2 unspecified atom stereocenters. The SMILES string of the molecule is CCCC1(CC)c2ccc(C3CCN(CC4CCC(C(=O)N5CCN(c6cc(F)c(C7CCC(=O)NC7=O)c(F)c6)CC5)CC4)CC3)cc2-n2c1nc(=O)c1c(Br)cccc12. The van der Waals surface area contributed by atoms with Gasteiger partial charge in [0.1, 0.15) is 17.5 Å². The number of benzene rings is 3. The molecule has 3 saturated heterocycles. The van der Waals surface area contributed by atoms with Gasteiger partial charge < -0.3 is 14.7 Å². The summed E-state index contributed by atoms with van der Waals surface area (Å²) in [6.45, 7) is 9.51. The fourth-order valence-electron chi connectivity index (χ4n) is 11.4. The number of piperazine rings is 1. The van der Waals surface area contributed by atoms with Crippen LogP contribution in [0.1, 0.15) is 119 Å². The largest absolute Gasteiger partial charge is 0.368 e. The van der Waals surface area contributed by atoms with Gasteiger partial charge in [-0.1, -0.05) is 38.5 Å². The maximum absolute atomic E-state index is 15.2. The van der Waals surface area contributed by atoms with Gasteiger partial charge in [-0.05, 0) is 140 Å². The van der Waals surface area contributed by atoms with Crippen LogP contribution in [0.2, 0.25) is 0 Å². The summed E-state index contributed by atoms with van der Waals surface area (Å²) >= 11 is 3.63. The molecule has 3 aromatic carbocycles. The molecule has 322 valence electrons. The molecule has 4 fully saturated rings. The molecule has 1 aromatic heterocycles. The van der Waals surface area contributed by atoms with Gasteiger partial charge in [0.25, 0.3) is 5.56 Å². The number of likely N-dealkylation sites (tertiary alicyclic amines) is 1. The van der Waals surface area contributed by atoms with E-state index in [9.17, 15) is 19.2 Å². The molecule has 9 rings (SSSR count). The Morgan fingerprint density at radius 1 is 0.885 bits per heavy atom. The van der Waals surface area contributed by atoms with E-state index in [1.54, 1.807) is 0 Å². The summed E-state index contributed by atoms with van der Waals surface area (Å²) in [5, 5.41) is 2.81. The Morgan fingerprint density at radius 3 is 2.28 bits per heavy atom. The zero-order valence-corrected chi connectivity index (χ0v) is 36.7. The van der Waals surface area contributed by atoms with E-state index in [2.05, 4.69) is 68.8 Å². The van der Waals surface area contributed by atoms with Crippen LogP contribution in [0.4, 0.5) is 14.5 Å². The highest BCUT2D eigenvalue weighted by Crippen LogP contribution is 2.49. The number of hydrogen-bond donors (Lipinski definition) is 1. The van der Waals surface area contributed by atoms with Crippen molar-refractivity contribution >= 4 is 50.2 Å². The third kappa shape index (κ3) is 7.61. The summed E-state index contributed by atoms with van der Waals surface area (Å²) in [7, 11) is 0. The van der Waals surface area contributed by atoms with Crippen molar-refractivity contribution in [1.29, 1.82) is 0 Å². The molecule has 61 heavy (non-hydrogen) atoms. The summed E-state index contributed by atoms with van der Waals surface area (Å²) in [6, 6.07) is 15.6. The minimum absolute atomic E-state index is 0.0106. The Morgan fingerprint density at radius 2 is 1.61 bits per heavy atom. The van der Waals surface area contributed by atoms with Gasteiger partial charge in [-0.25, -0.2) is 8.78 Å². The van der Waals surface area contributed by atoms with E-state index in [-0.39, 0.29) is 41.2 Å². The van der Waals surface area contributed by atoms with Crippen LogP contribution in [-0.2, 0) is 19.8 Å². The number of imide groups is 1. The number of piperidine rings is 2. The fraction of sp³-hybridized carbons (Fsp3) is 0.521. The van der Waals surface area contributed by atoms with Crippen molar-refractivity contribution in [2.75, 3.05) is 50.7 Å². The van der Waals surface area contributed by atoms with Crippen molar-refractivity contribution in [1.82, 2.24) is 24.7 Å². The van der Waals surface area contributed by atoms with Gasteiger partial charge >= 0.3 is 0 Å². The Labute approximate surface area is 364 Å². The van der Waals surface area contributed by atoms with Gasteiger partial charge in [0.15, 0.2) is 0 Å². The topological polar surface area (TPSA) is 108 Å². The number of fused-ring (bicyclic) bond motifs is 5. The maximum Gasteiger partial charge on any atom is 0.281 e. The Bertz CT molecular complexity index is 2410. The quantitative estimate of drug-likeness (QED) is 0.169. The van der Waals surface area contributed by atoms with Crippen LogP contribution in [-0.4, -0.2) is 82.9 Å². The molecule has 4 aromatic rings. The molecule has 2 atom stereocenters. The Hall–Kier alpha value is -4.49. The first-order chi connectivity index (χ1) is 29.5. The van der Waals surface area contributed by atoms with Gasteiger partial charge in [-0.3, -0.25) is 29.1 Å². The molecule has 0 bridgehead atoms. The molecule has 1 saturated carbocycles. The monoisotopic (exact) mass is 896 g/mol. The molecule has 0 radical (unpaired) electrons. The lowest BCUT2D eigenvalue weighted by Gasteiger charge is -2.40. The molecule has 1 aliphatic carbocycles. The number of nitrogens with zero attached hydrogens (tertiary/aromatic N) is 5. The number of halogens is 3. The van der Waals surface area contributed by atoms with Gasteiger partial charge in [0.05, 0.1) is 27.9 Å². The van der Waals surface area contributed by atoms with E-state index in [1.165, 1.54) is 23.3 Å². The second-order valence-corrected chi connectivity index (χ2v) is 19.0. The fourth-order valence-corrected chi connectivity index (χ4v) is 11.9. The normalized spacial score (nSPS) is 24.8. The molecule has 3 amide bonds. The number of nitrogens with one attached hydrogen (secondary N) is 1. The first-order valence-corrected chi connectivity index (χ1v) is 23.2. The highest BCUT2D eigenvalue weighted by atomic mass is 79.9. The van der Waals surface area contributed by atoms with Crippen LogP contribution in [0.3, 0.4) is 0 Å². The summed E-state index contributed by atoms with van der Waals surface area (Å²) in [5.41, 5.74) is 4.34. The predicted molar refractivity (Wildman–Crippen MR) is 235 cm³/mol. The van der Waals surface area contributed by atoms with Crippen LogP contribution < -0.4 is 15.8 Å². The van der Waals surface area contributed by atoms with Crippen LogP contribution >= 0.6 is 15.9 Å². The molecule has 13 heteroatoms. The summed E-state index contributed by atoms with van der Waals surface area (Å²) in [5.74, 6) is -1.61. The van der Waals surface area contributed by atoms with Crippen LogP contribution in [0.25, 0.3) is 16.6 Å². The second-order valence-electron chi connectivity index (χ2n) is 18.1. The van der Waals surface area contributed by atoms with Gasteiger partial charge in [-0.2, -0.15) is 4.98 Å². The van der Waals surface area contributed by atoms with E-state index < -0.39 is 29.4 Å². The van der Waals surface area contributed by atoms with Crippen molar-refractivity contribution in [2.45, 2.75) is 102 Å². The molecule has 10 nitrogen and oxygen atoms in total. The first kappa shape index (κ1) is 41.8. The van der Waals surface area contributed by atoms with Crippen molar-refractivity contribution < 1.29 is 23.2 Å². The Balaban J connectivity index is 0.777. The van der Waals surface area contributed by atoms with Crippen LogP contribution in [0.5, 0.6) is 0 Å². The summed E-state index contributed by atoms with van der Waals surface area (Å²) in [6.07, 6.45) is 8.97. The highest BCUT2D eigenvalue weighted by molar-refractivity contribution is 9.10. The number of anilines is 1. The number of hydrogen-bond acceptors (Lipinski definition) is 7. The van der Waals surface area contributed by atoms with Gasteiger partial charge in [0, 0.05) is 60.8 Å². The van der Waals surface area contributed by atoms with Crippen LogP contribution in [0.15, 0.2) is 57.8 Å². The molecule has 0 spiro atoms. The first-order valence-electron chi connectivity index (χ1n) is 22.4. The standard InChI is InChI=1S/C48H55BrF2N6O4/c1-3-18-48(4-2)35-14-12-32(25-40(35)57-39-7-5-6-36(49)43(39)45(60)53-47(48)57)30-16-19-54(20-17-30)28-29-8-10-31(11-9-29)46(61)56-23-21-55(22-24-56)33-26-37(50)42(38(51)27-33)34-13-15-41(58)52-44(34)59/h5-7,12,14,25-27,29-31,34H,3-4,8-11,13,15-24,28H2,1-2H3,(H,52,58,59). The highest BCUT2D eigenvalue weighted by Gasteiger charge is 2.44. The van der Waals surface area contributed by atoms with Crippen molar-refractivity contribution in [3.63, 3.8) is 0 Å². The third-order valence-electron chi connectivity index (χ3n) is 14.7. The number of rotatable bonds is 9. The summed E-state index contributed by atoms with van der Waals surface area (Å²) in [4.78, 5) is 62.1. The number of aromatic nitrogens is 2. The Kier molecular flexibility index (Phi) is 11.7. The second kappa shape index (κ2) is 17.0. The summed E-state index contributed by atoms with van der Waals surface area (Å²) < 4.78 is 33.5. The van der Waals surface area contributed by atoms with Crippen molar-refractivity contribution in [3.05, 3.63) is 97.5 Å². The zero-order valence-electron chi connectivity index (χ0n) is 35.2. The molecule has 5 aliphatic rings. The molecular formula is C48H55BrF2N6O4. The molecule has 1 N–H and O–H groups in total. The average molecular weight is 898 g/mol. The lowest BCUT2D eigenvalue weighted by atomic mass is 9.74. The minimum Gasteiger partial charge on any atom is -0.368 e. The van der Waals surface area contributed by atoms with Crippen molar-refractivity contribution in [2.24, 2.45) is 11.8 Å². The van der Waals surface area contributed by atoms with Crippen LogP contribution in [0, 0.1) is 23.5 Å². The molecule has 5 heterocycles. The van der Waals surface area contributed by atoms with Gasteiger partial charge in [0.2, 0.25) is 17.7 Å². The molecule has 4 aliphatic heterocycles. The van der Waals surface area contributed by atoms with E-state index in [1.807, 2.05) is 21.9 Å². The van der Waals surface area contributed by atoms with E-state index in [4.69, 9.17) is 4.98 Å². The average Bonchev–Trinajstić information content (AvgIpc) is 3.53. The lowest BCUT2D eigenvalue weighted by molar-refractivity contribution is -0.137. The van der Waals surface area contributed by atoms with E-state index in [0.717, 1.165) is 98.9 Å². The molecular weight excluding hydrogens is 842 g/mol. The zero-order chi connectivity index (χ0) is 42.6. The number of carbonyl (C=O) groups is 3. The smallest absolute Gasteiger partial charge is 0.281 e.